The third-order valence-electron chi connectivity index (χ3n) is 10.6. The minimum atomic E-state index is 0.922. The van der Waals surface area contributed by atoms with Crippen LogP contribution in [0.15, 0.2) is 174 Å². The molecule has 0 saturated carbocycles. The zero-order valence-corrected chi connectivity index (χ0v) is 26.6. The Bertz CT molecular complexity index is 3070. The molecule has 0 unspecified atom stereocenters. The van der Waals surface area contributed by atoms with E-state index in [9.17, 15) is 0 Å². The molecule has 0 bridgehead atoms. The average molecular weight is 621 g/mol. The van der Waals surface area contributed by atoms with E-state index in [-0.39, 0.29) is 0 Å². The second-order valence-corrected chi connectivity index (χ2v) is 13.2. The summed E-state index contributed by atoms with van der Waals surface area (Å²) in [6.45, 7) is 0. The smallest absolute Gasteiger partial charge is 0.143 e. The SMILES string of the molecule is c1ccc(-c2ccc(-c3cc(-c4ccc5ccc6cccc7ccc4c5c67)cc4c3oc3c5ccccc5ccc43)c3ccccc23)cc1. The highest BCUT2D eigenvalue weighted by Crippen LogP contribution is 2.46. The van der Waals surface area contributed by atoms with Crippen molar-refractivity contribution in [1.82, 2.24) is 0 Å². The van der Waals surface area contributed by atoms with Crippen LogP contribution in [0.1, 0.15) is 0 Å². The molecule has 1 aromatic heterocycles. The van der Waals surface area contributed by atoms with Gasteiger partial charge in [0.2, 0.25) is 0 Å². The first-order valence-corrected chi connectivity index (χ1v) is 16.9. The largest absolute Gasteiger partial charge is 0.455 e. The molecule has 49 heavy (non-hydrogen) atoms. The van der Waals surface area contributed by atoms with Crippen molar-refractivity contribution in [3.63, 3.8) is 0 Å². The van der Waals surface area contributed by atoms with Crippen molar-refractivity contribution in [2.45, 2.75) is 0 Å². The Morgan fingerprint density at radius 1 is 0.265 bits per heavy atom. The number of furan rings is 1. The van der Waals surface area contributed by atoms with Gasteiger partial charge in [0.05, 0.1) is 0 Å². The topological polar surface area (TPSA) is 13.1 Å². The predicted molar refractivity (Wildman–Crippen MR) is 209 cm³/mol. The molecule has 1 heteroatoms. The molecule has 11 rings (SSSR count). The maximum absolute atomic E-state index is 6.99. The van der Waals surface area contributed by atoms with Crippen LogP contribution < -0.4 is 0 Å². The second kappa shape index (κ2) is 10.0. The molecule has 0 aliphatic carbocycles. The molecule has 0 fully saturated rings. The van der Waals surface area contributed by atoms with E-state index in [0.717, 1.165) is 32.9 Å². The number of hydrogen-bond donors (Lipinski definition) is 0. The van der Waals surface area contributed by atoms with Gasteiger partial charge in [-0.1, -0.05) is 152 Å². The van der Waals surface area contributed by atoms with Gasteiger partial charge in [-0.25, -0.2) is 0 Å². The van der Waals surface area contributed by atoms with Gasteiger partial charge in [-0.3, -0.25) is 0 Å². The molecule has 0 atom stereocenters. The quantitative estimate of drug-likeness (QED) is 0.179. The van der Waals surface area contributed by atoms with E-state index in [1.165, 1.54) is 76.3 Å². The molecule has 0 aliphatic heterocycles. The fourth-order valence-electron chi connectivity index (χ4n) is 8.35. The number of rotatable bonds is 3. The highest BCUT2D eigenvalue weighted by atomic mass is 16.3. The van der Waals surface area contributed by atoms with Crippen molar-refractivity contribution in [1.29, 1.82) is 0 Å². The summed E-state index contributed by atoms with van der Waals surface area (Å²) in [5, 5.41) is 14.8. The van der Waals surface area contributed by atoms with Gasteiger partial charge in [0.25, 0.3) is 0 Å². The van der Waals surface area contributed by atoms with Crippen LogP contribution in [0.2, 0.25) is 0 Å². The molecule has 0 saturated heterocycles. The molecule has 1 heterocycles. The molecule has 0 aliphatic rings. The highest BCUT2D eigenvalue weighted by Gasteiger charge is 2.20. The zero-order chi connectivity index (χ0) is 32.1. The summed E-state index contributed by atoms with van der Waals surface area (Å²) in [6.07, 6.45) is 0. The Morgan fingerprint density at radius 3 is 1.67 bits per heavy atom. The Morgan fingerprint density at radius 2 is 0.837 bits per heavy atom. The summed E-state index contributed by atoms with van der Waals surface area (Å²) in [4.78, 5) is 0. The zero-order valence-electron chi connectivity index (χ0n) is 26.6. The Labute approximate surface area is 282 Å². The minimum absolute atomic E-state index is 0.922. The summed E-state index contributed by atoms with van der Waals surface area (Å²) < 4.78 is 6.99. The van der Waals surface area contributed by atoms with E-state index in [1.807, 2.05) is 0 Å². The van der Waals surface area contributed by atoms with Gasteiger partial charge in [-0.2, -0.15) is 0 Å². The van der Waals surface area contributed by atoms with Crippen molar-refractivity contribution >= 4 is 75.8 Å². The van der Waals surface area contributed by atoms with Crippen molar-refractivity contribution in [3.05, 3.63) is 170 Å². The molecule has 0 N–H and O–H groups in total. The molecule has 0 amide bonds. The normalized spacial score (nSPS) is 12.1. The van der Waals surface area contributed by atoms with Crippen molar-refractivity contribution in [2.75, 3.05) is 0 Å². The van der Waals surface area contributed by atoms with Crippen LogP contribution in [-0.4, -0.2) is 0 Å². The first kappa shape index (κ1) is 26.6. The minimum Gasteiger partial charge on any atom is -0.455 e. The molecular weight excluding hydrogens is 593 g/mol. The average Bonchev–Trinajstić information content (AvgIpc) is 3.56. The molecule has 0 spiro atoms. The van der Waals surface area contributed by atoms with E-state index in [0.29, 0.717) is 0 Å². The maximum Gasteiger partial charge on any atom is 0.143 e. The summed E-state index contributed by atoms with van der Waals surface area (Å²) in [6, 6.07) is 62.1. The Kier molecular flexibility index (Phi) is 5.45. The van der Waals surface area contributed by atoms with Crippen LogP contribution >= 0.6 is 0 Å². The first-order chi connectivity index (χ1) is 24.3. The van der Waals surface area contributed by atoms with Crippen LogP contribution in [0.5, 0.6) is 0 Å². The van der Waals surface area contributed by atoms with E-state index in [4.69, 9.17) is 4.42 Å². The van der Waals surface area contributed by atoms with Crippen LogP contribution in [0.3, 0.4) is 0 Å². The third-order valence-corrected chi connectivity index (χ3v) is 10.6. The highest BCUT2D eigenvalue weighted by molar-refractivity contribution is 6.26. The third kappa shape index (κ3) is 3.82. The van der Waals surface area contributed by atoms with E-state index in [2.05, 4.69) is 170 Å². The number of benzene rings is 10. The molecule has 226 valence electrons. The summed E-state index contributed by atoms with van der Waals surface area (Å²) in [7, 11) is 0. The molecule has 1 nitrogen and oxygen atoms in total. The van der Waals surface area contributed by atoms with Gasteiger partial charge >= 0.3 is 0 Å². The summed E-state index contributed by atoms with van der Waals surface area (Å²) in [5.41, 5.74) is 9.00. The lowest BCUT2D eigenvalue weighted by atomic mass is 9.87. The fourth-order valence-corrected chi connectivity index (χ4v) is 8.35. The van der Waals surface area contributed by atoms with Crippen LogP contribution in [0.4, 0.5) is 0 Å². The van der Waals surface area contributed by atoms with Crippen molar-refractivity contribution in [2.24, 2.45) is 0 Å². The number of hydrogen-bond acceptors (Lipinski definition) is 1. The summed E-state index contributed by atoms with van der Waals surface area (Å²) in [5.74, 6) is 0. The van der Waals surface area contributed by atoms with Crippen molar-refractivity contribution in [3.8, 4) is 33.4 Å². The van der Waals surface area contributed by atoms with Crippen LogP contribution in [-0.2, 0) is 0 Å². The number of fused-ring (bicyclic) bond motifs is 6. The molecular formula is C48H28O. The lowest BCUT2D eigenvalue weighted by molar-refractivity contribution is 0.674. The molecule has 11 aromatic rings. The predicted octanol–water partition coefficient (Wildman–Crippen LogP) is 13.8. The first-order valence-electron chi connectivity index (χ1n) is 16.9. The standard InChI is InChI=1S/C48H28O/c1-2-9-29(10-3-1)35-25-26-40(39-16-7-6-15-38(35)39)43-27-34(28-44-42-24-19-30-11-4-5-14-37(30)47(42)49-48(43)44)36-22-20-33-18-17-31-12-8-13-32-21-23-41(36)46(33)45(31)32/h1-28H. The van der Waals surface area contributed by atoms with Crippen LogP contribution in [0.25, 0.3) is 109 Å². The van der Waals surface area contributed by atoms with E-state index >= 15 is 0 Å². The van der Waals surface area contributed by atoms with Gasteiger partial charge in [0, 0.05) is 21.7 Å². The summed E-state index contributed by atoms with van der Waals surface area (Å²) >= 11 is 0. The maximum atomic E-state index is 6.99. The monoisotopic (exact) mass is 620 g/mol. The second-order valence-electron chi connectivity index (χ2n) is 13.2. The van der Waals surface area contributed by atoms with Gasteiger partial charge in [0.15, 0.2) is 0 Å². The van der Waals surface area contributed by atoms with Gasteiger partial charge in [-0.15, -0.1) is 0 Å². The Balaban J connectivity index is 1.26. The Hall–Kier alpha value is -6.44. The lowest BCUT2D eigenvalue weighted by Crippen LogP contribution is -1.90. The molecule has 10 aromatic carbocycles. The fraction of sp³-hybridized carbons (Fsp3) is 0. The van der Waals surface area contributed by atoms with E-state index in [1.54, 1.807) is 0 Å². The molecule has 0 radical (unpaired) electrons. The van der Waals surface area contributed by atoms with Gasteiger partial charge < -0.3 is 4.42 Å². The van der Waals surface area contributed by atoms with Crippen molar-refractivity contribution < 1.29 is 4.42 Å². The van der Waals surface area contributed by atoms with Crippen LogP contribution in [0, 0.1) is 0 Å². The van der Waals surface area contributed by atoms with Gasteiger partial charge in [0.1, 0.15) is 11.2 Å². The lowest BCUT2D eigenvalue weighted by Gasteiger charge is -2.16. The van der Waals surface area contributed by atoms with E-state index < -0.39 is 0 Å². The van der Waals surface area contributed by atoms with Gasteiger partial charge in [-0.05, 0) is 94.5 Å².